The Bertz CT molecular complexity index is 1040. The zero-order chi connectivity index (χ0) is 19.0. The van der Waals surface area contributed by atoms with Crippen LogP contribution in [0.5, 0.6) is 5.75 Å². The summed E-state index contributed by atoms with van der Waals surface area (Å²) in [5, 5.41) is 4.05. The number of pyridine rings is 1. The highest BCUT2D eigenvalue weighted by Gasteiger charge is 2.25. The number of fused-ring (bicyclic) bond motifs is 1. The van der Waals surface area contributed by atoms with Gasteiger partial charge >= 0.3 is 0 Å². The molecule has 1 aromatic carbocycles. The maximum Gasteiger partial charge on any atom is 0.223 e. The first-order chi connectivity index (χ1) is 13.0. The quantitative estimate of drug-likeness (QED) is 0.762. The summed E-state index contributed by atoms with van der Waals surface area (Å²) >= 11 is 0. The molecule has 0 amide bonds. The fourth-order valence-corrected chi connectivity index (χ4v) is 3.26. The number of benzene rings is 1. The molecule has 0 saturated heterocycles. The maximum atomic E-state index is 13.6. The van der Waals surface area contributed by atoms with Crippen LogP contribution in [0.2, 0.25) is 0 Å². The number of aromatic nitrogens is 2. The van der Waals surface area contributed by atoms with Gasteiger partial charge in [0.05, 0.1) is 7.11 Å². The highest BCUT2D eigenvalue weighted by molar-refractivity contribution is 5.63. The van der Waals surface area contributed by atoms with E-state index < -0.39 is 11.6 Å². The van der Waals surface area contributed by atoms with Gasteiger partial charge in [0, 0.05) is 55.1 Å². The van der Waals surface area contributed by atoms with Crippen LogP contribution < -0.4 is 10.2 Å². The maximum absolute atomic E-state index is 13.6. The molecular formula is C19H17F2N3O3. The first kappa shape index (κ1) is 17.4. The Morgan fingerprint density at radius 1 is 1.30 bits per heavy atom. The lowest BCUT2D eigenvalue weighted by atomic mass is 10.0. The molecule has 0 bridgehead atoms. The molecule has 0 unspecified atom stereocenters. The van der Waals surface area contributed by atoms with E-state index in [1.54, 1.807) is 6.20 Å². The van der Waals surface area contributed by atoms with Gasteiger partial charge in [-0.2, -0.15) is 0 Å². The Morgan fingerprint density at radius 2 is 2.15 bits per heavy atom. The van der Waals surface area contributed by atoms with Crippen LogP contribution in [0, 0.1) is 11.6 Å². The van der Waals surface area contributed by atoms with E-state index in [4.69, 9.17) is 9.26 Å². The van der Waals surface area contributed by atoms with Crippen molar-refractivity contribution in [3.63, 3.8) is 0 Å². The molecule has 1 aliphatic heterocycles. The summed E-state index contributed by atoms with van der Waals surface area (Å²) in [4.78, 5) is 17.1. The average molecular weight is 373 g/mol. The Balaban J connectivity index is 1.57. The Labute approximate surface area is 153 Å². The molecule has 6 nitrogen and oxygen atoms in total. The molecule has 4 rings (SSSR count). The van der Waals surface area contributed by atoms with Crippen LogP contribution in [0.1, 0.15) is 17.0 Å². The Kier molecular flexibility index (Phi) is 4.49. The summed E-state index contributed by atoms with van der Waals surface area (Å²) in [5.74, 6) is -0.817. The number of ether oxygens (including phenoxy) is 1. The minimum atomic E-state index is -0.923. The summed E-state index contributed by atoms with van der Waals surface area (Å²) in [6, 6.07) is 5.19. The molecule has 0 fully saturated rings. The van der Waals surface area contributed by atoms with E-state index in [9.17, 15) is 13.6 Å². The first-order valence-electron chi connectivity index (χ1n) is 8.46. The predicted molar refractivity (Wildman–Crippen MR) is 93.3 cm³/mol. The van der Waals surface area contributed by atoms with Crippen LogP contribution in [0.25, 0.3) is 11.3 Å². The van der Waals surface area contributed by atoms with Crippen LogP contribution in [-0.4, -0.2) is 28.7 Å². The zero-order valence-corrected chi connectivity index (χ0v) is 14.6. The van der Waals surface area contributed by atoms with E-state index in [1.165, 1.54) is 19.2 Å². The van der Waals surface area contributed by atoms with Crippen molar-refractivity contribution in [2.45, 2.75) is 19.5 Å². The van der Waals surface area contributed by atoms with Gasteiger partial charge in [0.2, 0.25) is 5.43 Å². The minimum absolute atomic E-state index is 0.184. The van der Waals surface area contributed by atoms with Crippen molar-refractivity contribution in [1.82, 2.24) is 15.0 Å². The monoisotopic (exact) mass is 373 g/mol. The van der Waals surface area contributed by atoms with Gasteiger partial charge in [0.25, 0.3) is 0 Å². The average Bonchev–Trinajstić information content (AvgIpc) is 3.07. The van der Waals surface area contributed by atoms with Crippen molar-refractivity contribution in [3.8, 4) is 17.0 Å². The number of hydrogen-bond acceptors (Lipinski definition) is 5. The van der Waals surface area contributed by atoms with Crippen LogP contribution in [-0.2, 0) is 19.5 Å². The van der Waals surface area contributed by atoms with Crippen molar-refractivity contribution in [2.24, 2.45) is 0 Å². The normalized spacial score (nSPS) is 14.2. The van der Waals surface area contributed by atoms with Gasteiger partial charge in [-0.3, -0.25) is 9.69 Å². The molecule has 0 aliphatic carbocycles. The second kappa shape index (κ2) is 6.96. The van der Waals surface area contributed by atoms with Crippen LogP contribution in [0.4, 0.5) is 8.78 Å². The van der Waals surface area contributed by atoms with E-state index in [1.807, 2.05) is 0 Å². The van der Waals surface area contributed by atoms with E-state index in [0.717, 1.165) is 35.7 Å². The van der Waals surface area contributed by atoms with Gasteiger partial charge < -0.3 is 14.2 Å². The molecule has 3 heterocycles. The molecule has 8 heteroatoms. The van der Waals surface area contributed by atoms with Crippen molar-refractivity contribution >= 4 is 0 Å². The molecule has 27 heavy (non-hydrogen) atoms. The highest BCUT2D eigenvalue weighted by Crippen LogP contribution is 2.31. The van der Waals surface area contributed by atoms with Crippen molar-refractivity contribution in [2.75, 3.05) is 13.7 Å². The van der Waals surface area contributed by atoms with Gasteiger partial charge in [0.1, 0.15) is 11.5 Å². The third-order valence-electron chi connectivity index (χ3n) is 4.65. The molecule has 0 spiro atoms. The lowest BCUT2D eigenvalue weighted by Gasteiger charge is -2.25. The first-order valence-corrected chi connectivity index (χ1v) is 8.46. The van der Waals surface area contributed by atoms with Crippen molar-refractivity contribution in [1.29, 1.82) is 0 Å². The van der Waals surface area contributed by atoms with Gasteiger partial charge in [0.15, 0.2) is 17.4 Å². The van der Waals surface area contributed by atoms with E-state index in [0.29, 0.717) is 30.8 Å². The number of rotatable bonds is 4. The van der Waals surface area contributed by atoms with Gasteiger partial charge in [-0.1, -0.05) is 5.16 Å². The predicted octanol–water partition coefficient (Wildman–Crippen LogP) is 2.88. The SMILES string of the molecule is COc1c[nH]c(CN2CCc3onc(-c4ccc(F)c(F)c4)c3C2)cc1=O. The molecular weight excluding hydrogens is 356 g/mol. The molecule has 140 valence electrons. The largest absolute Gasteiger partial charge is 0.491 e. The molecule has 1 aliphatic rings. The Hall–Kier alpha value is -3.00. The number of nitrogens with zero attached hydrogens (tertiary/aromatic N) is 2. The molecule has 1 N–H and O–H groups in total. The fraction of sp³-hybridized carbons (Fsp3) is 0.263. The van der Waals surface area contributed by atoms with E-state index in [2.05, 4.69) is 15.0 Å². The molecule has 0 atom stereocenters. The summed E-state index contributed by atoms with van der Waals surface area (Å²) < 4.78 is 37.2. The Morgan fingerprint density at radius 3 is 2.89 bits per heavy atom. The minimum Gasteiger partial charge on any atom is -0.491 e. The summed E-state index contributed by atoms with van der Waals surface area (Å²) in [5.41, 5.74) is 2.41. The van der Waals surface area contributed by atoms with Gasteiger partial charge in [-0.25, -0.2) is 8.78 Å². The number of methoxy groups -OCH3 is 1. The topological polar surface area (TPSA) is 71.4 Å². The fourth-order valence-electron chi connectivity index (χ4n) is 3.26. The highest BCUT2D eigenvalue weighted by atomic mass is 19.2. The van der Waals surface area contributed by atoms with Crippen molar-refractivity contribution in [3.05, 3.63) is 69.3 Å². The van der Waals surface area contributed by atoms with Crippen LogP contribution in [0.15, 0.2) is 39.8 Å². The number of hydrogen-bond donors (Lipinski definition) is 1. The number of aromatic amines is 1. The van der Waals surface area contributed by atoms with Crippen LogP contribution in [0.3, 0.4) is 0 Å². The smallest absolute Gasteiger partial charge is 0.223 e. The van der Waals surface area contributed by atoms with E-state index in [-0.39, 0.29) is 11.2 Å². The summed E-state index contributed by atoms with van der Waals surface area (Å²) in [6.07, 6.45) is 2.19. The summed E-state index contributed by atoms with van der Waals surface area (Å²) in [7, 11) is 1.45. The van der Waals surface area contributed by atoms with Crippen molar-refractivity contribution < 1.29 is 18.0 Å². The number of halogens is 2. The zero-order valence-electron chi connectivity index (χ0n) is 14.6. The number of nitrogens with one attached hydrogen (secondary N) is 1. The lowest BCUT2D eigenvalue weighted by molar-refractivity contribution is 0.226. The third-order valence-corrected chi connectivity index (χ3v) is 4.65. The second-order valence-corrected chi connectivity index (χ2v) is 6.41. The standard InChI is InChI=1S/C19H17F2N3O3/c1-26-18-8-22-12(7-16(18)25)9-24-5-4-17-13(10-24)19(23-27-17)11-2-3-14(20)15(21)6-11/h2-3,6-8H,4-5,9-10H2,1H3,(H,22,25). The third kappa shape index (κ3) is 3.35. The van der Waals surface area contributed by atoms with Crippen LogP contribution >= 0.6 is 0 Å². The van der Waals surface area contributed by atoms with E-state index >= 15 is 0 Å². The molecule has 0 radical (unpaired) electrons. The summed E-state index contributed by atoms with van der Waals surface area (Å²) in [6.45, 7) is 1.79. The molecule has 0 saturated carbocycles. The van der Waals surface area contributed by atoms with Gasteiger partial charge in [-0.05, 0) is 18.2 Å². The molecule has 3 aromatic rings. The van der Waals surface area contributed by atoms with Gasteiger partial charge in [-0.15, -0.1) is 0 Å². The number of H-pyrrole nitrogens is 1. The lowest BCUT2D eigenvalue weighted by Crippen LogP contribution is -2.30. The second-order valence-electron chi connectivity index (χ2n) is 6.41. The molecule has 2 aromatic heterocycles.